The van der Waals surface area contributed by atoms with Crippen molar-refractivity contribution in [3.63, 3.8) is 0 Å². The zero-order valence-electron chi connectivity index (χ0n) is 30.1. The van der Waals surface area contributed by atoms with Gasteiger partial charge in [-0.05, 0) is 73.6 Å². The summed E-state index contributed by atoms with van der Waals surface area (Å²) in [6.07, 6.45) is 14.0. The maximum absolute atomic E-state index is 14.6. The van der Waals surface area contributed by atoms with Gasteiger partial charge >= 0.3 is 11.9 Å². The van der Waals surface area contributed by atoms with Gasteiger partial charge in [-0.2, -0.15) is 0 Å². The number of hydrogen-bond acceptors (Lipinski definition) is 7. The van der Waals surface area contributed by atoms with Gasteiger partial charge in [0.25, 0.3) is 0 Å². The number of carboxylic acids is 2. The van der Waals surface area contributed by atoms with Gasteiger partial charge in [0.1, 0.15) is 16.9 Å². The molecule has 0 radical (unpaired) electrons. The molecule has 2 aromatic rings. The van der Waals surface area contributed by atoms with Gasteiger partial charge in [-0.25, -0.2) is 9.59 Å². The van der Waals surface area contributed by atoms with E-state index in [-0.39, 0.29) is 34.6 Å². The molecule has 10 nitrogen and oxygen atoms in total. The lowest BCUT2D eigenvalue weighted by atomic mass is 9.52. The minimum absolute atomic E-state index is 0.0198. The third-order valence-corrected chi connectivity index (χ3v) is 13.3. The fraction of sp³-hybridized carbons (Fsp3) is 0.500. The number of ether oxygens (including phenoxy) is 3. The van der Waals surface area contributed by atoms with E-state index in [9.17, 15) is 14.4 Å². The van der Waals surface area contributed by atoms with Crippen LogP contribution >= 0.6 is 0 Å². The van der Waals surface area contributed by atoms with E-state index in [4.69, 9.17) is 24.4 Å². The van der Waals surface area contributed by atoms with Crippen LogP contribution in [0.4, 0.5) is 0 Å². The fourth-order valence-electron chi connectivity index (χ4n) is 11.3. The number of nitrogens with zero attached hydrogens (tertiary/aromatic N) is 2. The lowest BCUT2D eigenvalue weighted by Gasteiger charge is -2.58. The molecule has 7 aliphatic rings. The predicted octanol–water partition coefficient (Wildman–Crippen LogP) is 6.05. The monoisotopic (exact) mass is 708 g/mol. The largest absolute Gasteiger partial charge is 0.498 e. The molecule has 9 rings (SSSR count). The van der Waals surface area contributed by atoms with Crippen molar-refractivity contribution < 1.29 is 38.8 Å². The highest BCUT2D eigenvalue weighted by molar-refractivity contribution is 6.01. The molecule has 5 fully saturated rings. The van der Waals surface area contributed by atoms with Gasteiger partial charge in [0.05, 0.1) is 43.4 Å². The molecule has 4 saturated heterocycles. The maximum Gasteiger partial charge on any atom is 0.336 e. The number of carboxylic acid groups (broad SMARTS) is 2. The Kier molecular flexibility index (Phi) is 8.71. The van der Waals surface area contributed by atoms with Crippen LogP contribution in [0.15, 0.2) is 89.7 Å². The van der Waals surface area contributed by atoms with E-state index >= 15 is 0 Å². The zero-order chi connectivity index (χ0) is 36.4. The summed E-state index contributed by atoms with van der Waals surface area (Å²) in [6, 6.07) is 16.7. The van der Waals surface area contributed by atoms with E-state index in [1.807, 2.05) is 7.11 Å². The smallest absolute Gasteiger partial charge is 0.336 e. The SMILES string of the molecule is CCCCC[C@]1(OC)C=C2C(c3ccccc3)(C=C1OC)N1C(=O)C[C@@H]3OCC=C4CN5CC[C@]26[C@@H]5C[C@@H]4[C@@H]3[C@H]16.O=C(O)c1ccccc1C(=O)O. The number of carbonyl (C=O) groups is 3. The van der Waals surface area contributed by atoms with E-state index < -0.39 is 23.1 Å². The molecule has 2 N–H and O–H groups in total. The Morgan fingerprint density at radius 1 is 0.981 bits per heavy atom. The summed E-state index contributed by atoms with van der Waals surface area (Å²) in [4.78, 5) is 40.5. The Morgan fingerprint density at radius 2 is 1.69 bits per heavy atom. The molecule has 52 heavy (non-hydrogen) atoms. The van der Waals surface area contributed by atoms with E-state index in [0.29, 0.717) is 30.9 Å². The van der Waals surface area contributed by atoms with Gasteiger partial charge in [0.2, 0.25) is 5.91 Å². The molecule has 2 bridgehead atoms. The van der Waals surface area contributed by atoms with Gasteiger partial charge in [0, 0.05) is 31.0 Å². The Balaban J connectivity index is 0.000000276. The van der Waals surface area contributed by atoms with E-state index in [0.717, 1.165) is 62.9 Å². The number of hydrogen-bond donors (Lipinski definition) is 2. The summed E-state index contributed by atoms with van der Waals surface area (Å²) in [5, 5.41) is 17.1. The number of aromatic carboxylic acids is 2. The Labute approximate surface area is 304 Å². The standard InChI is InChI=1S/C34H42N2O4.C8H6O4/c1-4-5-9-13-32(39-3)19-26-33-14-15-35-21-22-12-16-40-25-18-29(37)36(31(33)30(25)24(22)17-27(33)35)34(26,20-28(32)38-2)23-10-7-6-8-11-23;9-7(10)5-3-1-2-4-6(5)8(11)12/h6-8,10-12,19-20,24-25,27,30-31H,4-5,9,13-18,21H2,1-3H3;1-4H,(H,9,10)(H,11,12)/t24-,25-,27-,30-,31-,32-,33+,34?;/m0./s1. The van der Waals surface area contributed by atoms with E-state index in [1.165, 1.54) is 29.8 Å². The van der Waals surface area contributed by atoms with Crippen LogP contribution in [-0.4, -0.2) is 95.6 Å². The van der Waals surface area contributed by atoms with Crippen LogP contribution in [0.25, 0.3) is 0 Å². The Morgan fingerprint density at radius 3 is 2.35 bits per heavy atom. The van der Waals surface area contributed by atoms with Crippen LogP contribution in [-0.2, 0) is 24.5 Å². The molecule has 10 heteroatoms. The zero-order valence-corrected chi connectivity index (χ0v) is 30.1. The van der Waals surface area contributed by atoms with Gasteiger partial charge < -0.3 is 29.3 Å². The van der Waals surface area contributed by atoms with Crippen LogP contribution in [0, 0.1) is 17.3 Å². The number of rotatable bonds is 9. The normalized spacial score (nSPS) is 34.9. The number of fused-ring (bicyclic) bond motifs is 2. The summed E-state index contributed by atoms with van der Waals surface area (Å²) in [5.41, 5.74) is 2.26. The van der Waals surface area contributed by atoms with E-state index in [1.54, 1.807) is 12.7 Å². The number of benzene rings is 2. The average molecular weight is 709 g/mol. The van der Waals surface area contributed by atoms with Crippen molar-refractivity contribution in [2.45, 2.75) is 81.2 Å². The highest BCUT2D eigenvalue weighted by Gasteiger charge is 2.77. The average Bonchev–Trinajstić information content (AvgIpc) is 3.60. The maximum atomic E-state index is 14.6. The summed E-state index contributed by atoms with van der Waals surface area (Å²) in [5.74, 6) is -0.620. The van der Waals surface area contributed by atoms with E-state index in [2.05, 4.69) is 65.3 Å². The molecule has 1 unspecified atom stereocenters. The summed E-state index contributed by atoms with van der Waals surface area (Å²) in [6.45, 7) is 4.99. The van der Waals surface area contributed by atoms with Crippen molar-refractivity contribution >= 4 is 17.8 Å². The van der Waals surface area contributed by atoms with Crippen molar-refractivity contribution in [1.29, 1.82) is 0 Å². The first-order chi connectivity index (χ1) is 25.2. The van der Waals surface area contributed by atoms with Gasteiger partial charge in [-0.15, -0.1) is 0 Å². The minimum Gasteiger partial charge on any atom is -0.498 e. The second kappa shape index (κ2) is 13.0. The molecule has 1 spiro atoms. The van der Waals surface area contributed by atoms with Crippen LogP contribution in [0.3, 0.4) is 0 Å². The first kappa shape index (κ1) is 34.8. The number of piperidine rings is 2. The van der Waals surface area contributed by atoms with Crippen molar-refractivity contribution in [3.8, 4) is 0 Å². The quantitative estimate of drug-likeness (QED) is 0.237. The van der Waals surface area contributed by atoms with Crippen molar-refractivity contribution in [1.82, 2.24) is 9.80 Å². The molecule has 5 aliphatic heterocycles. The molecule has 0 aromatic heterocycles. The summed E-state index contributed by atoms with van der Waals surface area (Å²) < 4.78 is 19.3. The summed E-state index contributed by atoms with van der Waals surface area (Å²) >= 11 is 0. The topological polar surface area (TPSA) is 126 Å². The number of unbranched alkanes of at least 4 members (excludes halogenated alkanes) is 2. The van der Waals surface area contributed by atoms with Crippen LogP contribution in [0.2, 0.25) is 0 Å². The van der Waals surface area contributed by atoms with Gasteiger partial charge in [0.15, 0.2) is 0 Å². The molecular weight excluding hydrogens is 660 g/mol. The number of amides is 1. The first-order valence-corrected chi connectivity index (χ1v) is 18.7. The molecular formula is C42H48N2O8. The first-order valence-electron chi connectivity index (χ1n) is 18.7. The predicted molar refractivity (Wildman–Crippen MR) is 193 cm³/mol. The number of methoxy groups -OCH3 is 2. The summed E-state index contributed by atoms with van der Waals surface area (Å²) in [7, 11) is 3.60. The third kappa shape index (κ3) is 4.83. The second-order valence-electron chi connectivity index (χ2n) is 15.4. The molecule has 274 valence electrons. The minimum atomic E-state index is -1.23. The van der Waals surface area contributed by atoms with Crippen molar-refractivity contribution in [2.24, 2.45) is 17.3 Å². The highest BCUT2D eigenvalue weighted by Crippen LogP contribution is 2.72. The number of carbonyl (C=O) groups excluding carboxylic acids is 1. The lowest BCUT2D eigenvalue weighted by molar-refractivity contribution is -0.165. The van der Waals surface area contributed by atoms with Crippen LogP contribution in [0.1, 0.15) is 78.1 Å². The molecule has 2 aliphatic carbocycles. The molecule has 8 atom stereocenters. The second-order valence-corrected chi connectivity index (χ2v) is 15.4. The molecule has 1 amide bonds. The van der Waals surface area contributed by atoms with Gasteiger partial charge in [-0.3, -0.25) is 9.69 Å². The molecule has 1 saturated carbocycles. The Hall–Kier alpha value is -4.25. The highest BCUT2D eigenvalue weighted by atomic mass is 16.5. The lowest BCUT2D eigenvalue weighted by Crippen LogP contribution is -2.67. The fourth-order valence-corrected chi connectivity index (χ4v) is 11.3. The van der Waals surface area contributed by atoms with Crippen molar-refractivity contribution in [3.05, 3.63) is 106 Å². The van der Waals surface area contributed by atoms with Crippen LogP contribution < -0.4 is 0 Å². The third-order valence-electron chi connectivity index (χ3n) is 13.3. The Bertz CT molecular complexity index is 1840. The van der Waals surface area contributed by atoms with Crippen molar-refractivity contribution in [2.75, 3.05) is 33.9 Å². The molecule has 5 heterocycles. The van der Waals surface area contributed by atoms with Crippen LogP contribution in [0.5, 0.6) is 0 Å². The molecule has 2 aromatic carbocycles. The van der Waals surface area contributed by atoms with Gasteiger partial charge in [-0.1, -0.05) is 73.9 Å².